The number of hydrogen-bond acceptors (Lipinski definition) is 5. The van der Waals surface area contributed by atoms with Crippen LogP contribution in [-0.4, -0.2) is 31.4 Å². The summed E-state index contributed by atoms with van der Waals surface area (Å²) < 4.78 is 15.3. The van der Waals surface area contributed by atoms with Crippen molar-refractivity contribution in [3.05, 3.63) is 120 Å². The molecule has 8 heteroatoms. The largest absolute Gasteiger partial charge is 0.325 e. The highest BCUT2D eigenvalue weighted by Crippen LogP contribution is 2.28. The van der Waals surface area contributed by atoms with Crippen LogP contribution in [0.2, 0.25) is 0 Å². The second-order valence-electron chi connectivity index (χ2n) is 8.05. The van der Waals surface area contributed by atoms with Gasteiger partial charge < -0.3 is 5.32 Å². The Bertz CT molecular complexity index is 1440. The number of carbonyl (C=O) groups is 1. The molecular formula is C28H22FN5OS. The Hall–Kier alpha value is -4.30. The van der Waals surface area contributed by atoms with Gasteiger partial charge in [-0.2, -0.15) is 0 Å². The smallest absolute Gasteiger partial charge is 0.234 e. The lowest BCUT2D eigenvalue weighted by Crippen LogP contribution is -2.14. The number of nitrogens with one attached hydrogen (secondary N) is 1. The number of carbonyl (C=O) groups excluding carboxylic acids is 1. The summed E-state index contributed by atoms with van der Waals surface area (Å²) in [5.74, 6) is 0.274. The van der Waals surface area contributed by atoms with Crippen LogP contribution in [-0.2, 0) is 11.2 Å². The van der Waals surface area contributed by atoms with Gasteiger partial charge in [0.1, 0.15) is 5.82 Å². The lowest BCUT2D eigenvalue weighted by atomic mass is 10.1. The quantitative estimate of drug-likeness (QED) is 0.276. The van der Waals surface area contributed by atoms with Gasteiger partial charge in [-0.25, -0.2) is 4.39 Å². The van der Waals surface area contributed by atoms with Crippen LogP contribution >= 0.6 is 11.8 Å². The van der Waals surface area contributed by atoms with Crippen molar-refractivity contribution in [1.82, 2.24) is 19.7 Å². The number of benzene rings is 3. The van der Waals surface area contributed by atoms with E-state index in [2.05, 4.69) is 20.5 Å². The Morgan fingerprint density at radius 1 is 0.833 bits per heavy atom. The molecule has 0 aliphatic rings. The fourth-order valence-electron chi connectivity index (χ4n) is 3.73. The minimum absolute atomic E-state index is 0.146. The van der Waals surface area contributed by atoms with E-state index in [1.165, 1.54) is 29.5 Å². The summed E-state index contributed by atoms with van der Waals surface area (Å²) in [6.07, 6.45) is 4.36. The van der Waals surface area contributed by atoms with Crippen LogP contribution in [0, 0.1) is 5.82 Å². The number of nitrogens with zero attached hydrogens (tertiary/aromatic N) is 4. The van der Waals surface area contributed by atoms with Crippen molar-refractivity contribution >= 4 is 23.4 Å². The molecule has 0 unspecified atom stereocenters. The van der Waals surface area contributed by atoms with Gasteiger partial charge in [-0.05, 0) is 78.2 Å². The van der Waals surface area contributed by atoms with Crippen molar-refractivity contribution in [2.45, 2.75) is 11.6 Å². The zero-order chi connectivity index (χ0) is 24.7. The summed E-state index contributed by atoms with van der Waals surface area (Å²) >= 11 is 1.29. The van der Waals surface area contributed by atoms with Crippen molar-refractivity contribution < 1.29 is 9.18 Å². The number of halogens is 1. The van der Waals surface area contributed by atoms with E-state index in [4.69, 9.17) is 0 Å². The highest BCUT2D eigenvalue weighted by atomic mass is 32.2. The molecule has 1 amide bonds. The van der Waals surface area contributed by atoms with E-state index in [-0.39, 0.29) is 17.5 Å². The maximum Gasteiger partial charge on any atom is 0.234 e. The summed E-state index contributed by atoms with van der Waals surface area (Å²) in [5, 5.41) is 12.2. The van der Waals surface area contributed by atoms with Crippen LogP contribution in [0.5, 0.6) is 0 Å². The Morgan fingerprint density at radius 2 is 1.53 bits per heavy atom. The van der Waals surface area contributed by atoms with Crippen LogP contribution in [0.4, 0.5) is 10.1 Å². The molecule has 3 aromatic carbocycles. The fraction of sp³-hybridized carbons (Fsp3) is 0.0714. The predicted molar refractivity (Wildman–Crippen MR) is 140 cm³/mol. The Labute approximate surface area is 212 Å². The first-order valence-corrected chi connectivity index (χ1v) is 12.3. The van der Waals surface area contributed by atoms with Crippen LogP contribution < -0.4 is 5.32 Å². The highest BCUT2D eigenvalue weighted by molar-refractivity contribution is 7.99. The van der Waals surface area contributed by atoms with Gasteiger partial charge in [0.15, 0.2) is 11.0 Å². The van der Waals surface area contributed by atoms with Crippen molar-refractivity contribution in [3.63, 3.8) is 0 Å². The van der Waals surface area contributed by atoms with Crippen LogP contribution in [0.3, 0.4) is 0 Å². The minimum atomic E-state index is -0.318. The molecule has 0 bridgehead atoms. The van der Waals surface area contributed by atoms with E-state index in [9.17, 15) is 9.18 Å². The minimum Gasteiger partial charge on any atom is -0.325 e. The second-order valence-corrected chi connectivity index (χ2v) is 8.99. The zero-order valence-electron chi connectivity index (χ0n) is 19.2. The number of amides is 1. The van der Waals surface area contributed by atoms with Gasteiger partial charge in [-0.3, -0.25) is 14.3 Å². The molecule has 0 fully saturated rings. The van der Waals surface area contributed by atoms with Crippen LogP contribution in [0.1, 0.15) is 11.1 Å². The number of thioether (sulfide) groups is 1. The first-order chi connectivity index (χ1) is 17.7. The van der Waals surface area contributed by atoms with Crippen LogP contribution in [0.15, 0.2) is 109 Å². The molecular weight excluding hydrogens is 473 g/mol. The summed E-state index contributed by atoms with van der Waals surface area (Å²) in [6.45, 7) is 0. The Kier molecular flexibility index (Phi) is 7.14. The lowest BCUT2D eigenvalue weighted by Gasteiger charge is -2.11. The zero-order valence-corrected chi connectivity index (χ0v) is 20.0. The third kappa shape index (κ3) is 5.67. The van der Waals surface area contributed by atoms with Gasteiger partial charge in [-0.1, -0.05) is 42.1 Å². The maximum absolute atomic E-state index is 13.4. The summed E-state index contributed by atoms with van der Waals surface area (Å²) in [7, 11) is 0. The van der Waals surface area contributed by atoms with Crippen molar-refractivity contribution in [3.8, 4) is 17.1 Å². The van der Waals surface area contributed by atoms with E-state index in [0.29, 0.717) is 11.0 Å². The van der Waals surface area contributed by atoms with E-state index < -0.39 is 0 Å². The SMILES string of the molecule is O=C(CSc1nnc(-c2ccc(F)cc2)n1-c1ccccc1)Nc1ccc(Cc2ccncc2)cc1. The van der Waals surface area contributed by atoms with Gasteiger partial charge in [0, 0.05) is 29.3 Å². The van der Waals surface area contributed by atoms with E-state index in [0.717, 1.165) is 28.9 Å². The molecule has 0 saturated carbocycles. The van der Waals surface area contributed by atoms with Gasteiger partial charge >= 0.3 is 0 Å². The molecule has 5 rings (SSSR count). The Balaban J connectivity index is 1.27. The highest BCUT2D eigenvalue weighted by Gasteiger charge is 2.17. The fourth-order valence-corrected chi connectivity index (χ4v) is 4.48. The molecule has 2 aromatic heterocycles. The molecule has 0 aliphatic heterocycles. The van der Waals surface area contributed by atoms with E-state index in [1.54, 1.807) is 24.5 Å². The molecule has 36 heavy (non-hydrogen) atoms. The number of rotatable bonds is 8. The van der Waals surface area contributed by atoms with Gasteiger partial charge in [0.05, 0.1) is 5.75 Å². The molecule has 6 nitrogen and oxygen atoms in total. The molecule has 0 radical (unpaired) electrons. The first-order valence-electron chi connectivity index (χ1n) is 11.3. The lowest BCUT2D eigenvalue weighted by molar-refractivity contribution is -0.113. The van der Waals surface area contributed by atoms with Crippen molar-refractivity contribution in [2.24, 2.45) is 0 Å². The molecule has 0 saturated heterocycles. The molecule has 178 valence electrons. The maximum atomic E-state index is 13.4. The molecule has 2 heterocycles. The van der Waals surface area contributed by atoms with Crippen molar-refractivity contribution in [1.29, 1.82) is 0 Å². The number of aromatic nitrogens is 4. The topological polar surface area (TPSA) is 72.7 Å². The van der Waals surface area contributed by atoms with Gasteiger partial charge in [-0.15, -0.1) is 10.2 Å². The summed E-state index contributed by atoms with van der Waals surface area (Å²) in [6, 6.07) is 27.5. The third-order valence-electron chi connectivity index (χ3n) is 5.48. The molecule has 0 aliphatic carbocycles. The molecule has 1 N–H and O–H groups in total. The summed E-state index contributed by atoms with van der Waals surface area (Å²) in [5.41, 5.74) is 4.65. The average Bonchev–Trinajstić information content (AvgIpc) is 3.34. The standard InChI is InChI=1S/C28H22FN5OS/c29-23-10-8-22(9-11-23)27-32-33-28(34(27)25-4-2-1-3-5-25)36-19-26(35)31-24-12-6-20(7-13-24)18-21-14-16-30-17-15-21/h1-17H,18-19H2,(H,31,35). The van der Waals surface area contributed by atoms with Gasteiger partial charge in [0.2, 0.25) is 5.91 Å². The molecule has 0 atom stereocenters. The molecule has 5 aromatic rings. The number of anilines is 1. The third-order valence-corrected chi connectivity index (χ3v) is 6.41. The average molecular weight is 496 g/mol. The molecule has 0 spiro atoms. The summed E-state index contributed by atoms with van der Waals surface area (Å²) in [4.78, 5) is 16.7. The van der Waals surface area contributed by atoms with Crippen molar-refractivity contribution in [2.75, 3.05) is 11.1 Å². The second kappa shape index (κ2) is 11.0. The number of hydrogen-bond donors (Lipinski definition) is 1. The predicted octanol–water partition coefficient (Wildman–Crippen LogP) is 5.79. The van der Waals surface area contributed by atoms with E-state index >= 15 is 0 Å². The Morgan fingerprint density at radius 3 is 2.25 bits per heavy atom. The normalized spacial score (nSPS) is 10.8. The number of para-hydroxylation sites is 1. The van der Waals surface area contributed by atoms with Crippen LogP contribution in [0.25, 0.3) is 17.1 Å². The number of pyridine rings is 1. The van der Waals surface area contributed by atoms with E-state index in [1.807, 2.05) is 71.3 Å². The monoisotopic (exact) mass is 495 g/mol. The van der Waals surface area contributed by atoms with Gasteiger partial charge in [0.25, 0.3) is 0 Å². The first kappa shape index (κ1) is 23.4.